The second-order valence-corrected chi connectivity index (χ2v) is 7.97. The highest BCUT2D eigenvalue weighted by Crippen LogP contribution is 2.28. The quantitative estimate of drug-likeness (QED) is 0.497. The number of rotatable bonds is 7. The maximum Gasteiger partial charge on any atom is 0.271 e. The summed E-state index contributed by atoms with van der Waals surface area (Å²) in [6.07, 6.45) is 4.14. The van der Waals surface area contributed by atoms with Crippen molar-refractivity contribution in [3.05, 3.63) is 66.4 Å². The third kappa shape index (κ3) is 6.13. The van der Waals surface area contributed by atoms with E-state index in [1.54, 1.807) is 7.11 Å². The van der Waals surface area contributed by atoms with Crippen molar-refractivity contribution in [3.8, 4) is 5.75 Å². The van der Waals surface area contributed by atoms with Crippen molar-refractivity contribution in [1.82, 2.24) is 14.6 Å². The molecule has 0 unspecified atom stereocenters. The van der Waals surface area contributed by atoms with Gasteiger partial charge in [-0.1, -0.05) is 42.5 Å². The molecule has 2 aromatic carbocycles. The molecule has 0 aliphatic carbocycles. The van der Waals surface area contributed by atoms with Crippen LogP contribution >= 0.6 is 36.3 Å². The van der Waals surface area contributed by atoms with E-state index >= 15 is 0 Å². The summed E-state index contributed by atoms with van der Waals surface area (Å²) in [6.45, 7) is 5.34. The van der Waals surface area contributed by atoms with Crippen LogP contribution in [-0.2, 0) is 0 Å². The standard InChI is InChI=1S/C23H26N4O2S.2ClH/c1-29-20-10-4-3-9-19(20)27-16-14-26(15-17-27)13-7-6-12-24-23(28)22-18-8-2-5-11-21(18)30-25-22;;/h2-11H,12-17H2,1H3,(H,24,28);2*1H. The third-order valence-electron chi connectivity index (χ3n) is 5.30. The number of aromatic nitrogens is 1. The van der Waals surface area contributed by atoms with Gasteiger partial charge in [-0.15, -0.1) is 24.8 Å². The zero-order chi connectivity index (χ0) is 20.8. The summed E-state index contributed by atoms with van der Waals surface area (Å²) < 4.78 is 10.8. The Morgan fingerprint density at radius 2 is 1.78 bits per heavy atom. The highest BCUT2D eigenvalue weighted by atomic mass is 35.5. The van der Waals surface area contributed by atoms with Gasteiger partial charge in [0.2, 0.25) is 0 Å². The van der Waals surface area contributed by atoms with Crippen molar-refractivity contribution >= 4 is 58.0 Å². The first-order valence-corrected chi connectivity index (χ1v) is 10.9. The smallest absolute Gasteiger partial charge is 0.271 e. The number of hydrogen-bond donors (Lipinski definition) is 1. The van der Waals surface area contributed by atoms with Crippen molar-refractivity contribution in [3.63, 3.8) is 0 Å². The van der Waals surface area contributed by atoms with Crippen LogP contribution in [0.15, 0.2) is 60.7 Å². The molecular formula is C23H28Cl2N4O2S. The number of para-hydroxylation sites is 2. The van der Waals surface area contributed by atoms with E-state index in [-0.39, 0.29) is 30.7 Å². The molecule has 0 bridgehead atoms. The first-order valence-electron chi connectivity index (χ1n) is 10.1. The van der Waals surface area contributed by atoms with Crippen molar-refractivity contribution < 1.29 is 9.53 Å². The molecule has 4 rings (SSSR count). The number of benzene rings is 2. The molecule has 0 saturated carbocycles. The summed E-state index contributed by atoms with van der Waals surface area (Å²) in [5, 5.41) is 3.85. The molecule has 1 N–H and O–H groups in total. The van der Waals surface area contributed by atoms with E-state index in [9.17, 15) is 4.79 Å². The fourth-order valence-electron chi connectivity index (χ4n) is 3.65. The minimum atomic E-state index is -0.123. The number of nitrogens with one attached hydrogen (secondary N) is 1. The predicted octanol–water partition coefficient (Wildman–Crippen LogP) is 4.26. The fraction of sp³-hybridized carbons (Fsp3) is 0.304. The molecule has 3 aromatic rings. The molecule has 9 heteroatoms. The van der Waals surface area contributed by atoms with Gasteiger partial charge in [0.05, 0.1) is 17.5 Å². The normalized spacial score (nSPS) is 14.1. The van der Waals surface area contributed by atoms with Crippen LogP contribution in [0.25, 0.3) is 10.1 Å². The molecule has 2 heterocycles. The Bertz CT molecular complexity index is 1040. The van der Waals surface area contributed by atoms with Gasteiger partial charge in [0.15, 0.2) is 0 Å². The molecule has 172 valence electrons. The third-order valence-corrected chi connectivity index (χ3v) is 6.13. The van der Waals surface area contributed by atoms with E-state index < -0.39 is 0 Å². The predicted molar refractivity (Wildman–Crippen MR) is 137 cm³/mol. The van der Waals surface area contributed by atoms with Crippen molar-refractivity contribution in [2.75, 3.05) is 51.3 Å². The van der Waals surface area contributed by atoms with Gasteiger partial charge in [-0.3, -0.25) is 9.69 Å². The van der Waals surface area contributed by atoms with Gasteiger partial charge in [-0.25, -0.2) is 0 Å². The zero-order valence-electron chi connectivity index (χ0n) is 17.9. The molecule has 32 heavy (non-hydrogen) atoms. The molecule has 0 radical (unpaired) electrons. The number of anilines is 1. The average Bonchev–Trinajstić information content (AvgIpc) is 3.23. The summed E-state index contributed by atoms with van der Waals surface area (Å²) in [5.41, 5.74) is 1.67. The van der Waals surface area contributed by atoms with Gasteiger partial charge in [0.1, 0.15) is 11.4 Å². The van der Waals surface area contributed by atoms with Crippen LogP contribution in [0.5, 0.6) is 5.75 Å². The minimum Gasteiger partial charge on any atom is -0.495 e. The van der Waals surface area contributed by atoms with Crippen LogP contribution in [0, 0.1) is 0 Å². The van der Waals surface area contributed by atoms with E-state index in [0.29, 0.717) is 12.2 Å². The van der Waals surface area contributed by atoms with E-state index in [2.05, 4.69) is 37.7 Å². The summed E-state index contributed by atoms with van der Waals surface area (Å²) in [6, 6.07) is 16.0. The molecule has 1 aromatic heterocycles. The van der Waals surface area contributed by atoms with E-state index in [1.807, 2.05) is 42.5 Å². The lowest BCUT2D eigenvalue weighted by molar-refractivity contribution is 0.0956. The number of amides is 1. The molecule has 0 atom stereocenters. The number of piperazine rings is 1. The molecule has 0 spiro atoms. The monoisotopic (exact) mass is 494 g/mol. The van der Waals surface area contributed by atoms with Crippen molar-refractivity contribution in [2.45, 2.75) is 0 Å². The van der Waals surface area contributed by atoms with Crippen molar-refractivity contribution in [2.24, 2.45) is 0 Å². The number of fused-ring (bicyclic) bond motifs is 1. The average molecular weight is 495 g/mol. The van der Waals surface area contributed by atoms with Crippen LogP contribution in [0.2, 0.25) is 0 Å². The van der Waals surface area contributed by atoms with Crippen LogP contribution in [0.1, 0.15) is 10.5 Å². The molecule has 1 aliphatic heterocycles. The first kappa shape index (κ1) is 25.9. The minimum absolute atomic E-state index is 0. The zero-order valence-corrected chi connectivity index (χ0v) is 20.3. The molecular weight excluding hydrogens is 467 g/mol. The largest absolute Gasteiger partial charge is 0.495 e. The number of methoxy groups -OCH3 is 1. The Balaban J connectivity index is 0.00000181. The number of nitrogens with zero attached hydrogens (tertiary/aromatic N) is 3. The van der Waals surface area contributed by atoms with Gasteiger partial charge in [-0.2, -0.15) is 4.37 Å². The second kappa shape index (κ2) is 12.6. The van der Waals surface area contributed by atoms with E-state index in [0.717, 1.165) is 54.2 Å². The fourth-order valence-corrected chi connectivity index (χ4v) is 4.43. The Hall–Kier alpha value is -2.32. The summed E-state index contributed by atoms with van der Waals surface area (Å²) in [4.78, 5) is 17.2. The Morgan fingerprint density at radius 3 is 2.56 bits per heavy atom. The van der Waals surface area contributed by atoms with Crippen LogP contribution in [0.3, 0.4) is 0 Å². The highest BCUT2D eigenvalue weighted by molar-refractivity contribution is 7.13. The molecule has 1 saturated heterocycles. The van der Waals surface area contributed by atoms with Crippen LogP contribution in [0.4, 0.5) is 5.69 Å². The highest BCUT2D eigenvalue weighted by Gasteiger charge is 2.18. The van der Waals surface area contributed by atoms with Gasteiger partial charge in [-0.05, 0) is 29.7 Å². The molecule has 6 nitrogen and oxygen atoms in total. The van der Waals surface area contributed by atoms with Crippen LogP contribution in [-0.4, -0.2) is 61.6 Å². The maximum absolute atomic E-state index is 12.4. The van der Waals surface area contributed by atoms with Gasteiger partial charge in [0.25, 0.3) is 5.91 Å². The van der Waals surface area contributed by atoms with Gasteiger partial charge >= 0.3 is 0 Å². The topological polar surface area (TPSA) is 57.7 Å². The summed E-state index contributed by atoms with van der Waals surface area (Å²) >= 11 is 1.36. The lowest BCUT2D eigenvalue weighted by Crippen LogP contribution is -2.46. The van der Waals surface area contributed by atoms with E-state index in [1.165, 1.54) is 11.5 Å². The number of carbonyl (C=O) groups excluding carboxylic acids is 1. The van der Waals surface area contributed by atoms with Gasteiger partial charge in [0, 0.05) is 44.7 Å². The maximum atomic E-state index is 12.4. The Labute approximate surface area is 205 Å². The lowest BCUT2D eigenvalue weighted by Gasteiger charge is -2.36. The number of carbonyl (C=O) groups is 1. The summed E-state index contributed by atoms with van der Waals surface area (Å²) in [7, 11) is 1.72. The van der Waals surface area contributed by atoms with Crippen molar-refractivity contribution in [1.29, 1.82) is 0 Å². The number of halogens is 2. The van der Waals surface area contributed by atoms with Gasteiger partial charge < -0.3 is 15.0 Å². The van der Waals surface area contributed by atoms with E-state index in [4.69, 9.17) is 4.74 Å². The summed E-state index contributed by atoms with van der Waals surface area (Å²) in [5.74, 6) is 0.803. The number of hydrogen-bond acceptors (Lipinski definition) is 6. The molecule has 1 fully saturated rings. The second-order valence-electron chi connectivity index (χ2n) is 7.17. The first-order chi connectivity index (χ1) is 14.8. The SMILES string of the molecule is COc1ccccc1N1CCN(CC=CCNC(=O)c2nsc3ccccc23)CC1.Cl.Cl. The Kier molecular flexibility index (Phi) is 10.3. The molecule has 1 aliphatic rings. The molecule has 1 amide bonds. The lowest BCUT2D eigenvalue weighted by atomic mass is 10.2. The van der Waals surface area contributed by atoms with Crippen LogP contribution < -0.4 is 15.0 Å². The Morgan fingerprint density at radius 1 is 1.06 bits per heavy atom. The number of ether oxygens (including phenoxy) is 1.